The van der Waals surface area contributed by atoms with Crippen LogP contribution in [0.15, 0.2) is 16.7 Å². The van der Waals surface area contributed by atoms with Crippen LogP contribution in [-0.4, -0.2) is 33.5 Å². The molecule has 0 saturated heterocycles. The van der Waals surface area contributed by atoms with Crippen LogP contribution < -0.4 is 0 Å². The maximum atomic E-state index is 12.1. The molecule has 0 bridgehead atoms. The number of furan rings is 1. The first-order chi connectivity index (χ1) is 11.7. The number of aliphatic hydroxyl groups is 2. The van der Waals surface area contributed by atoms with Crippen LogP contribution in [0, 0.1) is 28.6 Å². The van der Waals surface area contributed by atoms with Crippen LogP contribution >= 0.6 is 0 Å². The van der Waals surface area contributed by atoms with Crippen molar-refractivity contribution in [1.82, 2.24) is 0 Å². The lowest BCUT2D eigenvalue weighted by Gasteiger charge is -2.63. The Labute approximate surface area is 148 Å². The van der Waals surface area contributed by atoms with Crippen LogP contribution in [-0.2, 0) is 11.2 Å². The van der Waals surface area contributed by atoms with Crippen LogP contribution in [0.1, 0.15) is 57.3 Å². The van der Waals surface area contributed by atoms with E-state index in [9.17, 15) is 20.1 Å². The van der Waals surface area contributed by atoms with Gasteiger partial charge in [-0.2, -0.15) is 0 Å². The maximum Gasteiger partial charge on any atom is 0.311 e. The summed E-state index contributed by atoms with van der Waals surface area (Å²) in [5, 5.41) is 31.9. The second-order valence-electron chi connectivity index (χ2n) is 9.31. The first-order valence-electron chi connectivity index (χ1n) is 9.33. The predicted molar refractivity (Wildman–Crippen MR) is 91.0 cm³/mol. The van der Waals surface area contributed by atoms with Crippen molar-refractivity contribution in [3.8, 4) is 0 Å². The summed E-state index contributed by atoms with van der Waals surface area (Å²) in [6.45, 7) is 6.53. The van der Waals surface area contributed by atoms with E-state index in [2.05, 4.69) is 20.8 Å². The number of carboxylic acids is 1. The molecule has 0 spiro atoms. The minimum Gasteiger partial charge on any atom is -0.481 e. The van der Waals surface area contributed by atoms with E-state index in [1.165, 1.54) is 0 Å². The summed E-state index contributed by atoms with van der Waals surface area (Å²) in [5.41, 5.74) is 0.376. The zero-order chi connectivity index (χ0) is 18.1. The Bertz CT molecular complexity index is 692. The van der Waals surface area contributed by atoms with Gasteiger partial charge >= 0.3 is 5.97 Å². The number of rotatable bonds is 1. The molecule has 0 aromatic carbocycles. The second-order valence-corrected chi connectivity index (χ2v) is 9.31. The normalized spacial score (nSPS) is 45.2. The molecular weight excluding hydrogens is 320 g/mol. The van der Waals surface area contributed by atoms with Crippen LogP contribution in [0.3, 0.4) is 0 Å². The lowest BCUT2D eigenvalue weighted by atomic mass is 9.42. The SMILES string of the molecule is CC1(C)CCC[C@]2(C)[C@H]3Cc4occc4[C@@H](C(=O)O)[C@@H]3[C@@H](O)[C@H](O)[C@@H]12. The molecule has 5 heteroatoms. The lowest BCUT2D eigenvalue weighted by molar-refractivity contribution is -0.218. The monoisotopic (exact) mass is 348 g/mol. The molecule has 1 aromatic rings. The highest BCUT2D eigenvalue weighted by Gasteiger charge is 2.64. The van der Waals surface area contributed by atoms with Crippen molar-refractivity contribution in [3.05, 3.63) is 23.7 Å². The summed E-state index contributed by atoms with van der Waals surface area (Å²) in [4.78, 5) is 12.1. The van der Waals surface area contributed by atoms with Gasteiger partial charge in [0.05, 0.1) is 24.4 Å². The number of carbonyl (C=O) groups is 1. The van der Waals surface area contributed by atoms with Gasteiger partial charge in [-0.25, -0.2) is 0 Å². The van der Waals surface area contributed by atoms with Gasteiger partial charge in [-0.05, 0) is 41.6 Å². The van der Waals surface area contributed by atoms with Crippen molar-refractivity contribution < 1.29 is 24.5 Å². The molecule has 4 rings (SSSR count). The van der Waals surface area contributed by atoms with E-state index in [0.717, 1.165) is 25.0 Å². The van der Waals surface area contributed by atoms with Gasteiger partial charge in [-0.15, -0.1) is 0 Å². The standard InChI is InChI=1S/C20H28O5/c1-19(2)6-4-7-20(3)11-9-12-10(5-8-25-12)13(18(23)24)14(11)15(21)16(22)17(19)20/h5,8,11,13-17,21-22H,4,6-7,9H2,1-3H3,(H,23,24)/t11-,13+,14+,15+,16-,17-,20+/m0/s1. The van der Waals surface area contributed by atoms with Crippen molar-refractivity contribution in [3.63, 3.8) is 0 Å². The van der Waals surface area contributed by atoms with Gasteiger partial charge in [-0.1, -0.05) is 27.2 Å². The molecule has 2 saturated carbocycles. The van der Waals surface area contributed by atoms with Gasteiger partial charge < -0.3 is 19.7 Å². The second kappa shape index (κ2) is 5.34. The Morgan fingerprint density at radius 2 is 1.92 bits per heavy atom. The number of aliphatic carboxylic acids is 1. The van der Waals surface area contributed by atoms with Crippen molar-refractivity contribution in [2.24, 2.45) is 28.6 Å². The van der Waals surface area contributed by atoms with Crippen LogP contribution in [0.2, 0.25) is 0 Å². The molecule has 0 aliphatic heterocycles. The van der Waals surface area contributed by atoms with Gasteiger partial charge in [0.15, 0.2) is 0 Å². The molecule has 5 nitrogen and oxygen atoms in total. The molecule has 2 fully saturated rings. The van der Waals surface area contributed by atoms with Gasteiger partial charge in [0.2, 0.25) is 0 Å². The van der Waals surface area contributed by atoms with E-state index in [1.807, 2.05) is 0 Å². The van der Waals surface area contributed by atoms with E-state index < -0.39 is 30.0 Å². The van der Waals surface area contributed by atoms with Crippen LogP contribution in [0.5, 0.6) is 0 Å². The summed E-state index contributed by atoms with van der Waals surface area (Å²) < 4.78 is 5.62. The first-order valence-corrected chi connectivity index (χ1v) is 9.33. The van der Waals surface area contributed by atoms with Crippen LogP contribution in [0.25, 0.3) is 0 Å². The minimum atomic E-state index is -1.02. The molecule has 3 aliphatic rings. The Hall–Kier alpha value is -1.33. The van der Waals surface area contributed by atoms with Gasteiger partial charge in [0, 0.05) is 17.9 Å². The summed E-state index contributed by atoms with van der Waals surface area (Å²) in [7, 11) is 0. The third kappa shape index (κ3) is 2.18. The van der Waals surface area contributed by atoms with Crippen molar-refractivity contribution in [2.45, 2.75) is 64.6 Å². The van der Waals surface area contributed by atoms with Gasteiger partial charge in [-0.3, -0.25) is 4.79 Å². The largest absolute Gasteiger partial charge is 0.481 e. The van der Waals surface area contributed by atoms with E-state index in [4.69, 9.17) is 4.42 Å². The Morgan fingerprint density at radius 3 is 2.60 bits per heavy atom. The minimum absolute atomic E-state index is 0.00442. The molecule has 25 heavy (non-hydrogen) atoms. The highest BCUT2D eigenvalue weighted by molar-refractivity contribution is 5.77. The van der Waals surface area contributed by atoms with Crippen LogP contribution in [0.4, 0.5) is 0 Å². The number of fused-ring (bicyclic) bond motifs is 4. The molecule has 0 amide bonds. The maximum absolute atomic E-state index is 12.1. The molecule has 138 valence electrons. The molecular formula is C20H28O5. The molecule has 7 atom stereocenters. The summed E-state index contributed by atoms with van der Waals surface area (Å²) >= 11 is 0. The third-order valence-electron chi connectivity index (χ3n) is 7.66. The fourth-order valence-electron chi connectivity index (χ4n) is 6.80. The fourth-order valence-corrected chi connectivity index (χ4v) is 6.80. The Morgan fingerprint density at radius 1 is 1.20 bits per heavy atom. The number of carboxylic acid groups (broad SMARTS) is 1. The summed E-state index contributed by atoms with van der Waals surface area (Å²) in [6.07, 6.45) is 3.31. The van der Waals surface area contributed by atoms with E-state index in [1.54, 1.807) is 12.3 Å². The number of aliphatic hydroxyl groups excluding tert-OH is 2. The smallest absolute Gasteiger partial charge is 0.311 e. The van der Waals surface area contributed by atoms with Crippen molar-refractivity contribution in [1.29, 1.82) is 0 Å². The highest BCUT2D eigenvalue weighted by Crippen LogP contribution is 2.64. The quantitative estimate of drug-likeness (QED) is 0.726. The number of hydrogen-bond acceptors (Lipinski definition) is 4. The summed E-state index contributed by atoms with van der Waals surface area (Å²) in [5.74, 6) is -1.56. The fraction of sp³-hybridized carbons (Fsp3) is 0.750. The lowest BCUT2D eigenvalue weighted by Crippen LogP contribution is -2.65. The average Bonchev–Trinajstić information content (AvgIpc) is 2.97. The Balaban J connectivity index is 1.87. The van der Waals surface area contributed by atoms with E-state index in [0.29, 0.717) is 12.0 Å². The molecule has 0 unspecified atom stereocenters. The van der Waals surface area contributed by atoms with Gasteiger partial charge in [0.25, 0.3) is 0 Å². The topological polar surface area (TPSA) is 90.9 Å². The average molecular weight is 348 g/mol. The molecule has 3 N–H and O–H groups in total. The summed E-state index contributed by atoms with van der Waals surface area (Å²) in [6, 6.07) is 1.71. The highest BCUT2D eigenvalue weighted by atomic mass is 16.4. The van der Waals surface area contributed by atoms with E-state index in [-0.39, 0.29) is 22.7 Å². The van der Waals surface area contributed by atoms with Crippen molar-refractivity contribution >= 4 is 5.97 Å². The van der Waals surface area contributed by atoms with Crippen molar-refractivity contribution in [2.75, 3.05) is 0 Å². The zero-order valence-corrected chi connectivity index (χ0v) is 15.1. The molecule has 1 heterocycles. The number of hydrogen-bond donors (Lipinski definition) is 3. The molecule has 3 aliphatic carbocycles. The third-order valence-corrected chi connectivity index (χ3v) is 7.66. The Kier molecular flexibility index (Phi) is 3.65. The molecule has 1 aromatic heterocycles. The van der Waals surface area contributed by atoms with Gasteiger partial charge in [0.1, 0.15) is 5.76 Å². The first kappa shape index (κ1) is 17.1. The zero-order valence-electron chi connectivity index (χ0n) is 15.1. The molecule has 0 radical (unpaired) electrons. The predicted octanol–water partition coefficient (Wildman–Crippen LogP) is 2.80. The van der Waals surface area contributed by atoms with E-state index >= 15 is 0 Å².